The van der Waals surface area contributed by atoms with Crippen molar-refractivity contribution in [2.75, 3.05) is 29.5 Å². The van der Waals surface area contributed by atoms with Gasteiger partial charge in [-0.15, -0.1) is 0 Å². The van der Waals surface area contributed by atoms with Gasteiger partial charge in [0.2, 0.25) is 0 Å². The van der Waals surface area contributed by atoms with E-state index in [2.05, 4.69) is 29.1 Å². The van der Waals surface area contributed by atoms with Crippen molar-refractivity contribution < 1.29 is 70.5 Å². The van der Waals surface area contributed by atoms with E-state index in [4.69, 9.17) is 4.74 Å². The first-order valence-electron chi connectivity index (χ1n) is 14.6. The molecule has 1 saturated carbocycles. The molecule has 0 radical (unpaired) electrons. The summed E-state index contributed by atoms with van der Waals surface area (Å²) in [6.45, 7) is 0.186. The van der Waals surface area contributed by atoms with Gasteiger partial charge in [-0.3, -0.25) is 0 Å². The number of fused-ring (bicyclic) bond motifs is 1. The van der Waals surface area contributed by atoms with Crippen LogP contribution in [-0.4, -0.2) is 54.8 Å². The fraction of sp³-hybridized carbons (Fsp3) is 0.281. The van der Waals surface area contributed by atoms with E-state index in [9.17, 15) is 32.0 Å². The fourth-order valence-corrected chi connectivity index (χ4v) is 7.08. The molecule has 1 heterocycles. The standard InChI is InChI=1S/C18H20FN4O2.C14H9FN3O3S.2W/c1-11-5-6-12(11)13-10-16-14(9-15(13)19)17(21-22(16)3)23(7-4-8-24)18(25)20-2;1-22(19,20)18-13-7-6-12(15)14(11(13)8-16)21-10-4-2-9(17)3-5-10;;/h8-12H,4-7H2,2-3H3,(H,20,25);2,4-7,18H,1H3;;/q2*-1;;. The molecular weight excluding hydrogens is 1000 g/mol. The molecule has 0 aliphatic heterocycles. The van der Waals surface area contributed by atoms with Crippen LogP contribution in [0.15, 0.2) is 46.0 Å². The predicted octanol–water partition coefficient (Wildman–Crippen LogP) is 5.19. The number of nitrogens with zero attached hydrogens (tertiary/aromatic N) is 5. The number of amides is 2. The van der Waals surface area contributed by atoms with Gasteiger partial charge in [0, 0.05) is 0 Å². The van der Waals surface area contributed by atoms with Crippen LogP contribution >= 0.6 is 0 Å². The Morgan fingerprint density at radius 1 is 1.29 bits per heavy atom. The number of ether oxygens (including phenoxy) is 1. The number of aryl methyl sites for hydroxylation is 1. The Morgan fingerprint density at radius 3 is 2.59 bits per heavy atom. The zero-order valence-electron chi connectivity index (χ0n) is 26.4. The van der Waals surface area contributed by atoms with E-state index in [-0.39, 0.29) is 53.5 Å². The van der Waals surface area contributed by atoms with Crippen LogP contribution in [-0.2, 0) is 60.9 Å². The van der Waals surface area contributed by atoms with E-state index in [1.54, 1.807) is 29.9 Å². The number of rotatable bonds is 11. The number of nitrogens with one attached hydrogen (secondary N) is 2. The number of carbonyl (C=O) groups is 2. The summed E-state index contributed by atoms with van der Waals surface area (Å²) in [6.07, 6.45) is 3.87. The average Bonchev–Trinajstić information content (AvgIpc) is 3.36. The van der Waals surface area contributed by atoms with Crippen molar-refractivity contribution in [3.05, 3.63) is 71.3 Å². The molecule has 2 amide bonds. The molecule has 0 spiro atoms. The number of anilines is 2. The summed E-state index contributed by atoms with van der Waals surface area (Å²) in [7, 11) is -0.333. The summed E-state index contributed by atoms with van der Waals surface area (Å²) in [4.78, 5) is 24.3. The summed E-state index contributed by atoms with van der Waals surface area (Å²) in [5, 5.41) is 16.8. The van der Waals surface area contributed by atoms with Gasteiger partial charge in [-0.25, -0.2) is 0 Å². The van der Waals surface area contributed by atoms with Gasteiger partial charge in [-0.05, 0) is 0 Å². The first-order chi connectivity index (χ1) is 23.3. The molecule has 4 aromatic rings. The second-order valence-electron chi connectivity index (χ2n) is 10.8. The van der Waals surface area contributed by atoms with Crippen LogP contribution in [0.25, 0.3) is 10.9 Å². The number of hydrogen-bond donors (Lipinski definition) is 2. The minimum absolute atomic E-state index is 0.0563. The predicted molar refractivity (Wildman–Crippen MR) is 171 cm³/mol. The second-order valence-corrected chi connectivity index (χ2v) is 14.0. The third-order valence-corrected chi connectivity index (χ3v) is 9.95. The average molecular weight is 1030 g/mol. The van der Waals surface area contributed by atoms with Gasteiger partial charge in [0.1, 0.15) is 0 Å². The molecule has 2 N–H and O–H groups in total. The molecule has 5 rings (SSSR count). The van der Waals surface area contributed by atoms with E-state index in [1.165, 1.54) is 43.4 Å². The molecule has 0 saturated heterocycles. The summed E-state index contributed by atoms with van der Waals surface area (Å²) in [5.41, 5.74) is 1.78. The topological polar surface area (TPSA) is 159 Å². The van der Waals surface area contributed by atoms with Crippen molar-refractivity contribution in [3.8, 4) is 17.6 Å². The number of urea groups is 1. The van der Waals surface area contributed by atoms with Crippen LogP contribution in [0.3, 0.4) is 0 Å². The molecular formula is C32H29F2N7O5SW2-2. The summed E-state index contributed by atoms with van der Waals surface area (Å²) >= 11 is 2.30. The molecule has 2 atom stereocenters. The number of carbonyl (C=O) groups excluding carboxylic acids is 2. The van der Waals surface area contributed by atoms with Crippen molar-refractivity contribution in [1.29, 1.82) is 5.26 Å². The normalized spacial score (nSPS) is 15.1. The van der Waals surface area contributed by atoms with E-state index in [0.717, 1.165) is 62.7 Å². The molecule has 1 aromatic heterocycles. The molecule has 0 bridgehead atoms. The van der Waals surface area contributed by atoms with Crippen LogP contribution in [0.4, 0.5) is 30.8 Å². The van der Waals surface area contributed by atoms with Crippen molar-refractivity contribution >= 4 is 54.8 Å². The van der Waals surface area contributed by atoms with Crippen molar-refractivity contribution in [3.63, 3.8) is 0 Å². The Hall–Kier alpha value is -3.98. The number of halogens is 2. The first kappa shape index (κ1) is 37.8. The molecule has 49 heavy (non-hydrogen) atoms. The van der Waals surface area contributed by atoms with E-state index < -0.39 is 15.8 Å². The maximum atomic E-state index is 14.9. The molecule has 1 aliphatic carbocycles. The molecule has 2 unspecified atom stereocenters. The number of aromatic nitrogens is 2. The molecule has 1 aliphatic rings. The molecule has 1 fully saturated rings. The van der Waals surface area contributed by atoms with Crippen LogP contribution < -0.4 is 19.7 Å². The van der Waals surface area contributed by atoms with Crippen LogP contribution in [0, 0.1) is 34.9 Å². The molecule has 12 nitrogen and oxygen atoms in total. The summed E-state index contributed by atoms with van der Waals surface area (Å²) in [5.74, 6) is -0.328. The van der Waals surface area contributed by atoms with Gasteiger partial charge in [0.15, 0.2) is 0 Å². The van der Waals surface area contributed by atoms with Crippen LogP contribution in [0.1, 0.15) is 36.3 Å². The number of benzene rings is 3. The Labute approximate surface area is 304 Å². The number of hydrogen-bond acceptors (Lipinski definition) is 8. The monoisotopic (exact) mass is 1030 g/mol. The Balaban J connectivity index is 0.000000223. The van der Waals surface area contributed by atoms with Gasteiger partial charge >= 0.3 is 301 Å². The second kappa shape index (κ2) is 16.6. The maximum absolute atomic E-state index is 14.9. The third kappa shape index (κ3) is 8.98. The Kier molecular flexibility index (Phi) is 12.8. The third-order valence-electron chi connectivity index (χ3n) is 7.56. The quantitative estimate of drug-likeness (QED) is 0.155. The Bertz CT molecular complexity index is 2050. The van der Waals surface area contributed by atoms with Gasteiger partial charge in [-0.2, -0.15) is 0 Å². The zero-order valence-corrected chi connectivity index (χ0v) is 33.0. The summed E-state index contributed by atoms with van der Waals surface area (Å²) < 4.78 is 68.0. The molecule has 3 aromatic carbocycles. The van der Waals surface area contributed by atoms with E-state index in [0.29, 0.717) is 28.4 Å². The zero-order chi connectivity index (χ0) is 35.9. The van der Waals surface area contributed by atoms with Crippen LogP contribution in [0.5, 0.6) is 11.5 Å². The Morgan fingerprint density at radius 2 is 2.04 bits per heavy atom. The van der Waals surface area contributed by atoms with Crippen molar-refractivity contribution in [2.24, 2.45) is 16.5 Å². The number of sulfonamides is 1. The molecule has 17 heteroatoms. The van der Waals surface area contributed by atoms with E-state index in [1.807, 2.05) is 6.07 Å². The van der Waals surface area contributed by atoms with Gasteiger partial charge in [-0.1, -0.05) is 0 Å². The van der Waals surface area contributed by atoms with Gasteiger partial charge in [0.05, 0.1) is 0 Å². The minimum atomic E-state index is -3.62. The number of aldehydes is 1. The van der Waals surface area contributed by atoms with Crippen LogP contribution in [0.2, 0.25) is 0 Å². The first-order valence-corrected chi connectivity index (χ1v) is 19.2. The van der Waals surface area contributed by atoms with Crippen molar-refractivity contribution in [2.45, 2.75) is 25.2 Å². The fourth-order valence-electron chi connectivity index (χ4n) is 5.09. The van der Waals surface area contributed by atoms with Crippen molar-refractivity contribution in [1.82, 2.24) is 15.1 Å². The summed E-state index contributed by atoms with van der Waals surface area (Å²) in [6, 6.07) is 14.3. The number of nitriles is 1. The van der Waals surface area contributed by atoms with Gasteiger partial charge < -0.3 is 4.79 Å². The van der Waals surface area contributed by atoms with E-state index >= 15 is 0 Å². The van der Waals surface area contributed by atoms with Gasteiger partial charge in [0.25, 0.3) is 0 Å². The SMILES string of the molecule is CNC(=O)N(CCC=O)c1nn(C)c2cc(C3CCC3[C-]=[W])c(F)cc12.CS(=O)(=O)Nc1ccc(F)c(Oc2c[c-]c([N]=[W])cc2)c1C#N. The molecule has 256 valence electrons.